The summed E-state index contributed by atoms with van der Waals surface area (Å²) in [5.41, 5.74) is 1.12. The van der Waals surface area contributed by atoms with E-state index in [4.69, 9.17) is 0 Å². The van der Waals surface area contributed by atoms with Crippen molar-refractivity contribution in [2.45, 2.75) is 41.0 Å². The molecule has 0 N–H and O–H groups in total. The van der Waals surface area contributed by atoms with Gasteiger partial charge in [0.05, 0.1) is 0 Å². The van der Waals surface area contributed by atoms with Crippen molar-refractivity contribution < 1.29 is 0 Å². The van der Waals surface area contributed by atoms with Crippen LogP contribution in [0.3, 0.4) is 0 Å². The van der Waals surface area contributed by atoms with E-state index in [2.05, 4.69) is 39.5 Å². The lowest BCUT2D eigenvalue weighted by Crippen LogP contribution is -2.42. The molecule has 2 heterocycles. The monoisotopic (exact) mass is 195 g/mol. The molecule has 1 nitrogen and oxygen atoms in total. The van der Waals surface area contributed by atoms with Crippen molar-refractivity contribution >= 4 is 0 Å². The van der Waals surface area contributed by atoms with Crippen molar-refractivity contribution in [2.24, 2.45) is 22.7 Å². The summed E-state index contributed by atoms with van der Waals surface area (Å²) in [5, 5.41) is 0. The summed E-state index contributed by atoms with van der Waals surface area (Å²) in [6, 6.07) is 0. The van der Waals surface area contributed by atoms with Crippen LogP contribution in [-0.4, -0.2) is 24.5 Å². The fraction of sp³-hybridized carbons (Fsp3) is 1.00. The normalized spacial score (nSPS) is 42.4. The molecule has 0 aromatic heterocycles. The molecule has 82 valence electrons. The van der Waals surface area contributed by atoms with Gasteiger partial charge in [0.25, 0.3) is 0 Å². The Morgan fingerprint density at radius 1 is 1.29 bits per heavy atom. The molecule has 2 aliphatic heterocycles. The van der Waals surface area contributed by atoms with Crippen LogP contribution in [0.5, 0.6) is 0 Å². The van der Waals surface area contributed by atoms with Gasteiger partial charge in [0.15, 0.2) is 0 Å². The highest BCUT2D eigenvalue weighted by Crippen LogP contribution is 2.55. The minimum Gasteiger partial charge on any atom is -0.302 e. The van der Waals surface area contributed by atoms with Crippen molar-refractivity contribution in [3.05, 3.63) is 0 Å². The quantitative estimate of drug-likeness (QED) is 0.621. The molecule has 1 heteroatoms. The fourth-order valence-electron chi connectivity index (χ4n) is 3.83. The van der Waals surface area contributed by atoms with E-state index >= 15 is 0 Å². The van der Waals surface area contributed by atoms with Gasteiger partial charge in [-0.2, -0.15) is 0 Å². The largest absolute Gasteiger partial charge is 0.302 e. The zero-order valence-electron chi connectivity index (χ0n) is 10.4. The summed E-state index contributed by atoms with van der Waals surface area (Å²) in [5.74, 6) is 1.75. The minimum absolute atomic E-state index is 0.486. The molecule has 2 aliphatic rings. The van der Waals surface area contributed by atoms with Crippen LogP contribution in [-0.2, 0) is 0 Å². The van der Waals surface area contributed by atoms with Gasteiger partial charge in [-0.3, -0.25) is 0 Å². The number of hydrogen-bond donors (Lipinski definition) is 0. The van der Waals surface area contributed by atoms with Crippen LogP contribution in [0.15, 0.2) is 0 Å². The van der Waals surface area contributed by atoms with Crippen LogP contribution in [0.2, 0.25) is 0 Å². The number of hydrogen-bond acceptors (Lipinski definition) is 1. The molecule has 0 saturated carbocycles. The molecule has 0 amide bonds. The van der Waals surface area contributed by atoms with Crippen LogP contribution < -0.4 is 0 Å². The van der Waals surface area contributed by atoms with Gasteiger partial charge >= 0.3 is 0 Å². The highest BCUT2D eigenvalue weighted by molar-refractivity contribution is 5.06. The third-order valence-electron chi connectivity index (χ3n) is 4.74. The second kappa shape index (κ2) is 2.98. The van der Waals surface area contributed by atoms with E-state index in [0.29, 0.717) is 10.8 Å². The summed E-state index contributed by atoms with van der Waals surface area (Å²) in [6.07, 6.45) is 1.44. The number of nitrogens with zero attached hydrogens (tertiary/aromatic N) is 1. The summed E-state index contributed by atoms with van der Waals surface area (Å²) < 4.78 is 0. The topological polar surface area (TPSA) is 3.24 Å². The fourth-order valence-corrected chi connectivity index (χ4v) is 3.83. The van der Waals surface area contributed by atoms with Crippen molar-refractivity contribution in [1.82, 2.24) is 4.90 Å². The zero-order valence-corrected chi connectivity index (χ0v) is 10.4. The molecule has 2 bridgehead atoms. The Morgan fingerprint density at radius 2 is 1.93 bits per heavy atom. The average molecular weight is 195 g/mol. The summed E-state index contributed by atoms with van der Waals surface area (Å²) in [6.45, 7) is 16.2. The standard InChI is InChI=1S/C13H25N/c1-10(2)13-6-7-14(9-13)8-11(13)12(3,4)5/h10-11H,6-9H2,1-5H3. The molecule has 2 rings (SSSR count). The van der Waals surface area contributed by atoms with E-state index in [9.17, 15) is 0 Å². The Balaban J connectivity index is 2.28. The lowest BCUT2D eigenvalue weighted by Gasteiger charge is -2.45. The Morgan fingerprint density at radius 3 is 2.29 bits per heavy atom. The lowest BCUT2D eigenvalue weighted by molar-refractivity contribution is 0.0497. The van der Waals surface area contributed by atoms with E-state index in [1.165, 1.54) is 26.1 Å². The Labute approximate surface area is 88.9 Å². The third-order valence-corrected chi connectivity index (χ3v) is 4.74. The van der Waals surface area contributed by atoms with Gasteiger partial charge < -0.3 is 4.90 Å². The molecule has 0 aromatic carbocycles. The van der Waals surface area contributed by atoms with E-state index < -0.39 is 0 Å². The summed E-state index contributed by atoms with van der Waals surface area (Å²) in [7, 11) is 0. The Bertz CT molecular complexity index is 226. The average Bonchev–Trinajstić information content (AvgIpc) is 2.59. The predicted octanol–water partition coefficient (Wildman–Crippen LogP) is 3.01. The highest BCUT2D eigenvalue weighted by atomic mass is 15.2. The maximum Gasteiger partial charge on any atom is 0.00444 e. The minimum atomic E-state index is 0.486. The van der Waals surface area contributed by atoms with Crippen molar-refractivity contribution in [3.63, 3.8) is 0 Å². The first-order valence-electron chi connectivity index (χ1n) is 6.08. The number of piperidine rings is 1. The molecular weight excluding hydrogens is 170 g/mol. The Hall–Kier alpha value is -0.0400. The SMILES string of the molecule is CC(C)C12CCN(CC1C(C)(C)C)C2. The van der Waals surface area contributed by atoms with Gasteiger partial charge in [-0.05, 0) is 35.6 Å². The molecule has 3 unspecified atom stereocenters. The molecule has 3 atom stereocenters. The smallest absolute Gasteiger partial charge is 0.00444 e. The van der Waals surface area contributed by atoms with E-state index in [1.54, 1.807) is 0 Å². The molecule has 0 aromatic rings. The molecule has 14 heavy (non-hydrogen) atoms. The van der Waals surface area contributed by atoms with E-state index in [0.717, 1.165) is 11.8 Å². The van der Waals surface area contributed by atoms with E-state index in [1.807, 2.05) is 0 Å². The molecule has 0 radical (unpaired) electrons. The summed E-state index contributed by atoms with van der Waals surface area (Å²) in [4.78, 5) is 2.68. The first kappa shape index (κ1) is 10.5. The second-order valence-electron chi connectivity index (χ2n) is 6.79. The van der Waals surface area contributed by atoms with E-state index in [-0.39, 0.29) is 0 Å². The first-order valence-corrected chi connectivity index (χ1v) is 6.08. The molecular formula is C13H25N. The van der Waals surface area contributed by atoms with Gasteiger partial charge in [0, 0.05) is 13.1 Å². The van der Waals surface area contributed by atoms with Gasteiger partial charge in [0.2, 0.25) is 0 Å². The molecule has 0 aliphatic carbocycles. The number of fused-ring (bicyclic) bond motifs is 2. The summed E-state index contributed by atoms with van der Waals surface area (Å²) >= 11 is 0. The zero-order chi connectivity index (χ0) is 10.6. The van der Waals surface area contributed by atoms with Crippen LogP contribution >= 0.6 is 0 Å². The second-order valence-corrected chi connectivity index (χ2v) is 6.79. The molecule has 2 fully saturated rings. The van der Waals surface area contributed by atoms with Gasteiger partial charge in [-0.1, -0.05) is 34.6 Å². The predicted molar refractivity (Wildman–Crippen MR) is 61.3 cm³/mol. The van der Waals surface area contributed by atoms with Gasteiger partial charge in [-0.15, -0.1) is 0 Å². The van der Waals surface area contributed by atoms with Crippen molar-refractivity contribution in [1.29, 1.82) is 0 Å². The molecule has 2 saturated heterocycles. The highest BCUT2D eigenvalue weighted by Gasteiger charge is 2.55. The van der Waals surface area contributed by atoms with Crippen molar-refractivity contribution in [2.75, 3.05) is 19.6 Å². The van der Waals surface area contributed by atoms with Crippen molar-refractivity contribution in [3.8, 4) is 0 Å². The Kier molecular flexibility index (Phi) is 2.23. The van der Waals surface area contributed by atoms with Crippen LogP contribution in [0.4, 0.5) is 0 Å². The first-order chi connectivity index (χ1) is 6.36. The van der Waals surface area contributed by atoms with Gasteiger partial charge in [-0.25, -0.2) is 0 Å². The molecule has 0 spiro atoms. The van der Waals surface area contributed by atoms with Gasteiger partial charge in [0.1, 0.15) is 0 Å². The maximum atomic E-state index is 2.68. The lowest BCUT2D eigenvalue weighted by atomic mass is 9.60. The van der Waals surface area contributed by atoms with Crippen LogP contribution in [0, 0.1) is 22.7 Å². The third kappa shape index (κ3) is 1.32. The number of rotatable bonds is 1. The van der Waals surface area contributed by atoms with Crippen LogP contribution in [0.1, 0.15) is 41.0 Å². The van der Waals surface area contributed by atoms with Crippen LogP contribution in [0.25, 0.3) is 0 Å². The maximum absolute atomic E-state index is 2.68.